The summed E-state index contributed by atoms with van der Waals surface area (Å²) in [6, 6.07) is 7.09. The predicted octanol–water partition coefficient (Wildman–Crippen LogP) is 2.72. The number of nitrogens with zero attached hydrogens (tertiary/aromatic N) is 1. The molecule has 1 aromatic rings. The summed E-state index contributed by atoms with van der Waals surface area (Å²) in [5, 5.41) is 4.57. The first-order valence-electron chi connectivity index (χ1n) is 4.16. The SMILES string of the molecule is CC(=O)/C(C)=N/Nc1ccc(Cl)cc1. The van der Waals surface area contributed by atoms with Crippen LogP contribution < -0.4 is 5.43 Å². The lowest BCUT2D eigenvalue weighted by atomic mass is 10.3. The number of halogens is 1. The first kappa shape index (κ1) is 10.7. The average Bonchev–Trinajstić information content (AvgIpc) is 2.16. The standard InChI is InChI=1S/C10H11ClN2O/c1-7(8(2)14)12-13-10-5-3-9(11)4-6-10/h3-6,13H,1-2H3/b12-7+. The van der Waals surface area contributed by atoms with Crippen molar-refractivity contribution in [2.45, 2.75) is 13.8 Å². The van der Waals surface area contributed by atoms with Gasteiger partial charge in [0, 0.05) is 11.9 Å². The number of ketones is 1. The lowest BCUT2D eigenvalue weighted by Crippen LogP contribution is -2.07. The second-order valence-electron chi connectivity index (χ2n) is 2.87. The number of carbonyl (C=O) groups is 1. The summed E-state index contributed by atoms with van der Waals surface area (Å²) in [5.41, 5.74) is 4.01. The molecule has 0 bridgehead atoms. The van der Waals surface area contributed by atoms with Crippen LogP contribution in [0.2, 0.25) is 5.02 Å². The van der Waals surface area contributed by atoms with E-state index in [0.29, 0.717) is 10.7 Å². The van der Waals surface area contributed by atoms with Gasteiger partial charge < -0.3 is 0 Å². The molecule has 0 unspecified atom stereocenters. The van der Waals surface area contributed by atoms with Crippen molar-refractivity contribution in [1.29, 1.82) is 0 Å². The lowest BCUT2D eigenvalue weighted by Gasteiger charge is -2.00. The van der Waals surface area contributed by atoms with Gasteiger partial charge in [0.25, 0.3) is 0 Å². The fourth-order valence-corrected chi connectivity index (χ4v) is 0.878. The van der Waals surface area contributed by atoms with Gasteiger partial charge in [-0.1, -0.05) is 11.6 Å². The number of hydrazone groups is 1. The smallest absolute Gasteiger partial charge is 0.175 e. The summed E-state index contributed by atoms with van der Waals surface area (Å²) in [5.74, 6) is -0.0496. The molecule has 0 heterocycles. The van der Waals surface area contributed by atoms with Crippen LogP contribution in [0, 0.1) is 0 Å². The summed E-state index contributed by atoms with van der Waals surface area (Å²) in [7, 11) is 0. The van der Waals surface area contributed by atoms with E-state index >= 15 is 0 Å². The quantitative estimate of drug-likeness (QED) is 0.616. The molecule has 14 heavy (non-hydrogen) atoms. The van der Waals surface area contributed by atoms with E-state index in [0.717, 1.165) is 5.69 Å². The Morgan fingerprint density at radius 3 is 2.36 bits per heavy atom. The monoisotopic (exact) mass is 210 g/mol. The molecule has 0 aromatic heterocycles. The molecule has 0 saturated carbocycles. The van der Waals surface area contributed by atoms with Crippen LogP contribution in [0.3, 0.4) is 0 Å². The summed E-state index contributed by atoms with van der Waals surface area (Å²) < 4.78 is 0. The number of nitrogens with one attached hydrogen (secondary N) is 1. The maximum absolute atomic E-state index is 10.8. The van der Waals surface area contributed by atoms with Gasteiger partial charge in [0.2, 0.25) is 0 Å². The van der Waals surface area contributed by atoms with E-state index < -0.39 is 0 Å². The molecular weight excluding hydrogens is 200 g/mol. The zero-order valence-corrected chi connectivity index (χ0v) is 8.80. The molecule has 3 nitrogen and oxygen atoms in total. The molecule has 0 atom stereocenters. The van der Waals surface area contributed by atoms with E-state index in [9.17, 15) is 4.79 Å². The highest BCUT2D eigenvalue weighted by atomic mass is 35.5. The van der Waals surface area contributed by atoms with Gasteiger partial charge in [-0.05, 0) is 31.2 Å². The summed E-state index contributed by atoms with van der Waals surface area (Å²) in [6.07, 6.45) is 0. The van der Waals surface area contributed by atoms with E-state index in [-0.39, 0.29) is 5.78 Å². The van der Waals surface area contributed by atoms with E-state index in [2.05, 4.69) is 10.5 Å². The number of hydrogen-bond acceptors (Lipinski definition) is 3. The maximum atomic E-state index is 10.8. The Hall–Kier alpha value is -1.35. The van der Waals surface area contributed by atoms with E-state index in [1.165, 1.54) is 6.92 Å². The summed E-state index contributed by atoms with van der Waals surface area (Å²) >= 11 is 5.71. The highest BCUT2D eigenvalue weighted by Crippen LogP contribution is 2.13. The molecule has 0 aliphatic heterocycles. The molecule has 0 aliphatic rings. The molecule has 0 radical (unpaired) electrons. The third-order valence-corrected chi connectivity index (χ3v) is 1.96. The van der Waals surface area contributed by atoms with Crippen LogP contribution in [0.5, 0.6) is 0 Å². The van der Waals surface area contributed by atoms with Crippen LogP contribution in [0.15, 0.2) is 29.4 Å². The fourth-order valence-electron chi connectivity index (χ4n) is 0.752. The first-order chi connectivity index (χ1) is 6.59. The van der Waals surface area contributed by atoms with Gasteiger partial charge in [0.05, 0.1) is 5.69 Å². The highest BCUT2D eigenvalue weighted by Gasteiger charge is 1.96. The minimum atomic E-state index is -0.0496. The second-order valence-corrected chi connectivity index (χ2v) is 3.31. The van der Waals surface area contributed by atoms with Crippen molar-refractivity contribution in [2.24, 2.45) is 5.10 Å². The van der Waals surface area contributed by atoms with Gasteiger partial charge in [-0.3, -0.25) is 10.2 Å². The van der Waals surface area contributed by atoms with E-state index in [1.54, 1.807) is 31.2 Å². The van der Waals surface area contributed by atoms with Gasteiger partial charge in [-0.2, -0.15) is 5.10 Å². The van der Waals surface area contributed by atoms with Crippen molar-refractivity contribution in [1.82, 2.24) is 0 Å². The highest BCUT2D eigenvalue weighted by molar-refractivity contribution is 6.38. The van der Waals surface area contributed by atoms with Crippen LogP contribution in [-0.4, -0.2) is 11.5 Å². The van der Waals surface area contributed by atoms with Gasteiger partial charge >= 0.3 is 0 Å². The minimum Gasteiger partial charge on any atom is -0.293 e. The second kappa shape index (κ2) is 4.77. The number of anilines is 1. The number of carbonyl (C=O) groups excluding carboxylic acids is 1. The molecule has 4 heteroatoms. The van der Waals surface area contributed by atoms with Crippen molar-refractivity contribution in [3.63, 3.8) is 0 Å². The molecular formula is C10H11ClN2O. The number of hydrogen-bond donors (Lipinski definition) is 1. The lowest BCUT2D eigenvalue weighted by molar-refractivity contribution is -0.111. The third-order valence-electron chi connectivity index (χ3n) is 1.71. The number of rotatable bonds is 3. The number of benzene rings is 1. The largest absolute Gasteiger partial charge is 0.293 e. The Morgan fingerprint density at radius 1 is 1.29 bits per heavy atom. The Labute approximate surface area is 87.8 Å². The zero-order valence-electron chi connectivity index (χ0n) is 8.04. The van der Waals surface area contributed by atoms with E-state index in [4.69, 9.17) is 11.6 Å². The van der Waals surface area contributed by atoms with Crippen LogP contribution in [0.1, 0.15) is 13.8 Å². The molecule has 0 spiro atoms. The van der Waals surface area contributed by atoms with Crippen molar-refractivity contribution in [2.75, 3.05) is 5.43 Å². The van der Waals surface area contributed by atoms with Gasteiger partial charge in [-0.15, -0.1) is 0 Å². The van der Waals surface area contributed by atoms with Crippen LogP contribution >= 0.6 is 11.6 Å². The molecule has 74 valence electrons. The van der Waals surface area contributed by atoms with Crippen molar-refractivity contribution in [3.05, 3.63) is 29.3 Å². The van der Waals surface area contributed by atoms with Gasteiger partial charge in [-0.25, -0.2) is 0 Å². The Bertz CT molecular complexity index is 357. The number of Topliss-reactive ketones (excluding diaryl/α,β-unsaturated/α-hetero) is 1. The molecule has 0 amide bonds. The molecule has 1 N–H and O–H groups in total. The van der Waals surface area contributed by atoms with E-state index in [1.807, 2.05) is 0 Å². The van der Waals surface area contributed by atoms with Crippen LogP contribution in [-0.2, 0) is 4.79 Å². The van der Waals surface area contributed by atoms with Crippen molar-refractivity contribution >= 4 is 28.8 Å². The van der Waals surface area contributed by atoms with Gasteiger partial charge in [0.1, 0.15) is 5.71 Å². The summed E-state index contributed by atoms with van der Waals surface area (Å²) in [6.45, 7) is 3.13. The molecule has 1 aromatic carbocycles. The minimum absolute atomic E-state index is 0.0496. The van der Waals surface area contributed by atoms with Crippen LogP contribution in [0.4, 0.5) is 5.69 Å². The summed E-state index contributed by atoms with van der Waals surface area (Å²) in [4.78, 5) is 10.8. The predicted molar refractivity (Wildman–Crippen MR) is 58.9 cm³/mol. The topological polar surface area (TPSA) is 41.5 Å². The average molecular weight is 211 g/mol. The third kappa shape index (κ3) is 3.18. The van der Waals surface area contributed by atoms with Crippen LogP contribution in [0.25, 0.3) is 0 Å². The molecule has 0 saturated heterocycles. The van der Waals surface area contributed by atoms with Crippen molar-refractivity contribution in [3.8, 4) is 0 Å². The normalized spacial score (nSPS) is 11.2. The zero-order chi connectivity index (χ0) is 10.6. The van der Waals surface area contributed by atoms with Gasteiger partial charge in [0.15, 0.2) is 5.78 Å². The maximum Gasteiger partial charge on any atom is 0.175 e. The Morgan fingerprint density at radius 2 is 1.86 bits per heavy atom. The molecule has 1 rings (SSSR count). The Balaban J connectivity index is 2.66. The first-order valence-corrected chi connectivity index (χ1v) is 4.54. The fraction of sp³-hybridized carbons (Fsp3) is 0.200. The van der Waals surface area contributed by atoms with Crippen molar-refractivity contribution < 1.29 is 4.79 Å². The molecule has 0 fully saturated rings. The Kier molecular flexibility index (Phi) is 3.65. The molecule has 0 aliphatic carbocycles.